The van der Waals surface area contributed by atoms with Crippen molar-refractivity contribution in [2.24, 2.45) is 0 Å². The van der Waals surface area contributed by atoms with E-state index in [-0.39, 0.29) is 6.61 Å². The Morgan fingerprint density at radius 2 is 1.67 bits per heavy atom. The lowest BCUT2D eigenvalue weighted by Gasteiger charge is -2.45. The van der Waals surface area contributed by atoms with Crippen molar-refractivity contribution in [3.63, 3.8) is 0 Å². The topological polar surface area (TPSA) is 113 Å². The molecule has 0 unspecified atom stereocenters. The summed E-state index contributed by atoms with van der Waals surface area (Å²) in [4.78, 5) is 19.7. The van der Waals surface area contributed by atoms with Crippen molar-refractivity contribution in [1.29, 1.82) is 0 Å². The monoisotopic (exact) mass is 581 g/mol. The van der Waals surface area contributed by atoms with E-state index in [0.717, 1.165) is 66.9 Å². The zero-order valence-corrected chi connectivity index (χ0v) is 23.8. The predicted octanol–water partition coefficient (Wildman–Crippen LogP) is 5.33. The minimum atomic E-state index is -0.459. The van der Waals surface area contributed by atoms with Gasteiger partial charge >= 0.3 is 0 Å². The molecule has 1 aliphatic carbocycles. The number of aryl methyl sites for hydroxylation is 1. The van der Waals surface area contributed by atoms with E-state index >= 15 is 0 Å². The number of nitrogens with zero attached hydrogens (tertiary/aromatic N) is 6. The van der Waals surface area contributed by atoms with Gasteiger partial charge in [-0.05, 0) is 37.5 Å². The smallest absolute Gasteiger partial charge is 0.146 e. The third kappa shape index (κ3) is 5.73. The van der Waals surface area contributed by atoms with E-state index in [4.69, 9.17) is 19.9 Å². The van der Waals surface area contributed by atoms with Crippen molar-refractivity contribution >= 4 is 16.9 Å². The molecule has 7 rings (SSSR count). The van der Waals surface area contributed by atoms with Crippen LogP contribution >= 0.6 is 0 Å². The minimum absolute atomic E-state index is 0.215. The average molecular weight is 582 g/mol. The molecule has 2 N–H and O–H groups in total. The van der Waals surface area contributed by atoms with Crippen molar-refractivity contribution in [3.8, 4) is 28.4 Å². The van der Waals surface area contributed by atoms with Gasteiger partial charge in [0, 0.05) is 73.1 Å². The molecule has 0 spiro atoms. The summed E-state index contributed by atoms with van der Waals surface area (Å²) in [5.41, 5.74) is 9.94. The molecule has 0 radical (unpaired) electrons. The van der Waals surface area contributed by atoms with Crippen LogP contribution in [0.1, 0.15) is 30.3 Å². The lowest BCUT2D eigenvalue weighted by Crippen LogP contribution is -2.49. The molecule has 10 nitrogen and oxygen atoms in total. The Morgan fingerprint density at radius 1 is 0.930 bits per heavy atom. The number of rotatable bonds is 8. The SMILES string of the molecule is Cc1ncc(COc2cc(F)cc(Oc3ccc(-c4cn([C@H]5C[C@@H](N6CCOCC6)C5)c5ncnc(N)c45)cc3)c2)cn1. The van der Waals surface area contributed by atoms with Crippen molar-refractivity contribution < 1.29 is 18.6 Å². The first kappa shape index (κ1) is 27.2. The highest BCUT2D eigenvalue weighted by atomic mass is 19.1. The van der Waals surface area contributed by atoms with Crippen LogP contribution in [-0.4, -0.2) is 61.7 Å². The predicted molar refractivity (Wildman–Crippen MR) is 159 cm³/mol. The first-order valence-electron chi connectivity index (χ1n) is 14.4. The highest BCUT2D eigenvalue weighted by Gasteiger charge is 2.36. The third-order valence-electron chi connectivity index (χ3n) is 8.17. The number of halogens is 1. The molecule has 1 saturated carbocycles. The van der Waals surface area contributed by atoms with Crippen LogP contribution in [0.4, 0.5) is 10.2 Å². The molecule has 2 fully saturated rings. The number of ether oxygens (including phenoxy) is 3. The summed E-state index contributed by atoms with van der Waals surface area (Å²) >= 11 is 0. The van der Waals surface area contributed by atoms with Gasteiger partial charge in [-0.25, -0.2) is 24.3 Å². The average Bonchev–Trinajstić information content (AvgIpc) is 3.37. The van der Waals surface area contributed by atoms with E-state index in [2.05, 4.69) is 35.6 Å². The van der Waals surface area contributed by atoms with Crippen LogP contribution in [0.2, 0.25) is 0 Å². The molecule has 5 aromatic rings. The highest BCUT2D eigenvalue weighted by molar-refractivity contribution is 6.00. The molecule has 0 atom stereocenters. The second-order valence-electron chi connectivity index (χ2n) is 11.0. The summed E-state index contributed by atoms with van der Waals surface area (Å²) in [5.74, 6) is 1.91. The van der Waals surface area contributed by atoms with Crippen molar-refractivity contribution in [3.05, 3.63) is 84.6 Å². The molecule has 0 bridgehead atoms. The van der Waals surface area contributed by atoms with Gasteiger partial charge in [0.2, 0.25) is 0 Å². The largest absolute Gasteiger partial charge is 0.489 e. The molecule has 4 heterocycles. The van der Waals surface area contributed by atoms with Crippen LogP contribution < -0.4 is 15.2 Å². The van der Waals surface area contributed by atoms with Crippen LogP contribution in [0.25, 0.3) is 22.2 Å². The van der Waals surface area contributed by atoms with Gasteiger partial charge in [-0.2, -0.15) is 0 Å². The summed E-state index contributed by atoms with van der Waals surface area (Å²) in [7, 11) is 0. The maximum atomic E-state index is 14.4. The fraction of sp³-hybridized carbons (Fsp3) is 0.312. The maximum absolute atomic E-state index is 14.4. The van der Waals surface area contributed by atoms with Gasteiger partial charge in [0.05, 0.1) is 18.6 Å². The van der Waals surface area contributed by atoms with Crippen LogP contribution in [0.3, 0.4) is 0 Å². The molecular weight excluding hydrogens is 549 g/mol. The van der Waals surface area contributed by atoms with Gasteiger partial charge in [-0.3, -0.25) is 4.90 Å². The Kier molecular flexibility index (Phi) is 7.33. The summed E-state index contributed by atoms with van der Waals surface area (Å²) in [6, 6.07) is 12.8. The second kappa shape index (κ2) is 11.6. The van der Waals surface area contributed by atoms with Gasteiger partial charge < -0.3 is 24.5 Å². The van der Waals surface area contributed by atoms with Gasteiger partial charge in [-0.1, -0.05) is 12.1 Å². The molecule has 2 aliphatic rings. The standard InChI is InChI=1S/C32H32FN7O3/c1-20-35-15-21(16-36-20)18-42-27-10-23(33)11-28(14-27)43-26-4-2-22(3-5-26)29-17-40(32-30(29)31(34)37-19-38-32)25-12-24(13-25)39-6-8-41-9-7-39/h2-5,10-11,14-17,19,24-25H,6-9,12-13,18H2,1H3,(H2,34,37,38)/t24-,25+. The minimum Gasteiger partial charge on any atom is -0.489 e. The van der Waals surface area contributed by atoms with Gasteiger partial charge in [-0.15, -0.1) is 0 Å². The molecule has 11 heteroatoms. The van der Waals surface area contributed by atoms with E-state index in [1.165, 1.54) is 18.5 Å². The Hall–Kier alpha value is -4.61. The number of nitrogen functional groups attached to an aromatic ring is 1. The van der Waals surface area contributed by atoms with Crippen LogP contribution in [-0.2, 0) is 11.3 Å². The fourth-order valence-electron chi connectivity index (χ4n) is 5.81. The third-order valence-corrected chi connectivity index (χ3v) is 8.17. The molecule has 3 aromatic heterocycles. The highest BCUT2D eigenvalue weighted by Crippen LogP contribution is 2.42. The Morgan fingerprint density at radius 3 is 2.44 bits per heavy atom. The van der Waals surface area contributed by atoms with E-state index in [9.17, 15) is 4.39 Å². The number of hydrogen-bond acceptors (Lipinski definition) is 9. The van der Waals surface area contributed by atoms with Gasteiger partial charge in [0.25, 0.3) is 0 Å². The maximum Gasteiger partial charge on any atom is 0.146 e. The number of fused-ring (bicyclic) bond motifs is 1. The summed E-state index contributed by atoms with van der Waals surface area (Å²) in [5, 5.41) is 0.844. The number of nitrogens with two attached hydrogens (primary N) is 1. The van der Waals surface area contributed by atoms with Crippen molar-refractivity contribution in [2.45, 2.75) is 38.5 Å². The number of anilines is 1. The number of aromatic nitrogens is 5. The van der Waals surface area contributed by atoms with E-state index in [1.807, 2.05) is 31.2 Å². The summed E-state index contributed by atoms with van der Waals surface area (Å²) in [6.07, 6.45) is 9.17. The molecule has 1 saturated heterocycles. The van der Waals surface area contributed by atoms with Crippen LogP contribution in [0.15, 0.2) is 67.4 Å². The number of hydrogen-bond donors (Lipinski definition) is 1. The van der Waals surface area contributed by atoms with Gasteiger partial charge in [0.1, 0.15) is 53.3 Å². The Labute approximate surface area is 248 Å². The molecular formula is C32H32FN7O3. The van der Waals surface area contributed by atoms with Gasteiger partial charge in [0.15, 0.2) is 0 Å². The van der Waals surface area contributed by atoms with E-state index in [0.29, 0.717) is 41.0 Å². The summed E-state index contributed by atoms with van der Waals surface area (Å²) < 4.78 is 33.9. The first-order chi connectivity index (χ1) is 21.0. The lowest BCUT2D eigenvalue weighted by molar-refractivity contribution is -0.0142. The molecule has 220 valence electrons. The first-order valence-corrected chi connectivity index (χ1v) is 14.4. The Balaban J connectivity index is 1.08. The number of morpholine rings is 1. The Bertz CT molecular complexity index is 1730. The van der Waals surface area contributed by atoms with Crippen molar-refractivity contribution in [1.82, 2.24) is 29.4 Å². The lowest BCUT2D eigenvalue weighted by atomic mass is 9.85. The molecule has 0 amide bonds. The van der Waals surface area contributed by atoms with Crippen LogP contribution in [0.5, 0.6) is 17.2 Å². The normalized spacial score (nSPS) is 18.8. The zero-order chi connectivity index (χ0) is 29.3. The summed E-state index contributed by atoms with van der Waals surface area (Å²) in [6.45, 7) is 5.62. The van der Waals surface area contributed by atoms with Crippen LogP contribution in [0, 0.1) is 12.7 Å². The molecule has 1 aliphatic heterocycles. The van der Waals surface area contributed by atoms with E-state index < -0.39 is 5.82 Å². The molecule has 43 heavy (non-hydrogen) atoms. The molecule has 2 aromatic carbocycles. The fourth-order valence-corrected chi connectivity index (χ4v) is 5.81. The second-order valence-corrected chi connectivity index (χ2v) is 11.0. The van der Waals surface area contributed by atoms with Crippen molar-refractivity contribution in [2.75, 3.05) is 32.0 Å². The quantitative estimate of drug-likeness (QED) is 0.260. The van der Waals surface area contributed by atoms with E-state index in [1.54, 1.807) is 18.5 Å². The zero-order valence-electron chi connectivity index (χ0n) is 23.8. The number of benzene rings is 2.